The topological polar surface area (TPSA) is 233 Å². The van der Waals surface area contributed by atoms with E-state index in [1.807, 2.05) is 33.0 Å². The number of morpholine rings is 1. The van der Waals surface area contributed by atoms with Crippen molar-refractivity contribution in [1.29, 1.82) is 0 Å². The van der Waals surface area contributed by atoms with Crippen LogP contribution in [0, 0.1) is 0 Å². The molecule has 5 rings (SSSR count). The third-order valence-electron chi connectivity index (χ3n) is 8.71. The van der Waals surface area contributed by atoms with Crippen LogP contribution in [0.15, 0.2) is 12.3 Å². The molecule has 4 heterocycles. The number of carbonyl (C=O) groups excluding carboxylic acids is 2. The number of rotatable bonds is 11. The first-order valence-corrected chi connectivity index (χ1v) is 16.9. The number of anilines is 3. The zero-order valence-corrected chi connectivity index (χ0v) is 28.4. The highest BCUT2D eigenvalue weighted by molar-refractivity contribution is 5.85. The van der Waals surface area contributed by atoms with Crippen LogP contribution in [0.1, 0.15) is 58.6 Å². The van der Waals surface area contributed by atoms with Crippen LogP contribution in [0.2, 0.25) is 0 Å². The standard InChI is InChI=1S/C31H50N10O8/c1-30(2,3)49-29(46)32-7-4-8-41-19-21(37-38-41)18-33-28-35-24(15-25(36-28)39-11-13-48-14-12-39)34-20-5-9-40(10-6-20)27(45)31(47)16-22(42)26(44)23(43)17-31/h15,19-20,22-23,26,42-44,47H,4-14,16-18H2,1-3H3,(H,32,46)(H2,33,34,35,36). The van der Waals surface area contributed by atoms with Crippen LogP contribution in [-0.4, -0.2) is 144 Å². The Hall–Kier alpha value is -3.84. The largest absolute Gasteiger partial charge is 0.444 e. The number of aliphatic hydroxyl groups excluding tert-OH is 3. The molecule has 272 valence electrons. The zero-order chi connectivity index (χ0) is 35.2. The highest BCUT2D eigenvalue weighted by atomic mass is 16.6. The summed E-state index contributed by atoms with van der Waals surface area (Å²) in [6, 6.07) is 1.89. The first-order valence-electron chi connectivity index (χ1n) is 16.9. The van der Waals surface area contributed by atoms with Crippen LogP contribution < -0.4 is 20.9 Å². The number of ether oxygens (including phenoxy) is 2. The molecule has 1 saturated carbocycles. The molecule has 2 unspecified atom stereocenters. The van der Waals surface area contributed by atoms with Gasteiger partial charge in [-0.15, -0.1) is 5.10 Å². The van der Waals surface area contributed by atoms with E-state index in [0.717, 1.165) is 5.82 Å². The Morgan fingerprint density at radius 1 is 1.06 bits per heavy atom. The molecule has 2 saturated heterocycles. The molecule has 0 spiro atoms. The molecule has 2 aliphatic heterocycles. The molecule has 3 aliphatic rings. The van der Waals surface area contributed by atoms with Gasteiger partial charge in [-0.05, 0) is 40.0 Å². The quantitative estimate of drug-likeness (QED) is 0.147. The number of aliphatic hydroxyl groups is 4. The first-order chi connectivity index (χ1) is 23.3. The summed E-state index contributed by atoms with van der Waals surface area (Å²) in [5, 5.41) is 58.8. The van der Waals surface area contributed by atoms with Crippen molar-refractivity contribution in [2.24, 2.45) is 0 Å². The minimum atomic E-state index is -1.93. The van der Waals surface area contributed by atoms with E-state index in [4.69, 9.17) is 19.4 Å². The Morgan fingerprint density at radius 3 is 2.43 bits per heavy atom. The van der Waals surface area contributed by atoms with Gasteiger partial charge in [-0.25, -0.2) is 4.79 Å². The van der Waals surface area contributed by atoms with Crippen LogP contribution in [-0.2, 0) is 27.4 Å². The maximum atomic E-state index is 13.2. The van der Waals surface area contributed by atoms with Gasteiger partial charge in [0.05, 0.1) is 38.2 Å². The number of hydrogen-bond donors (Lipinski definition) is 7. The number of aryl methyl sites for hydroxylation is 1. The Balaban J connectivity index is 1.15. The van der Waals surface area contributed by atoms with Gasteiger partial charge in [0.2, 0.25) is 5.95 Å². The molecular formula is C31H50N10O8. The number of amides is 2. The maximum absolute atomic E-state index is 13.2. The Kier molecular flexibility index (Phi) is 11.7. The minimum Gasteiger partial charge on any atom is -0.444 e. The number of nitrogens with one attached hydrogen (secondary N) is 3. The monoisotopic (exact) mass is 690 g/mol. The highest BCUT2D eigenvalue weighted by Gasteiger charge is 2.50. The van der Waals surface area contributed by atoms with Crippen molar-refractivity contribution in [2.45, 2.75) is 102 Å². The van der Waals surface area contributed by atoms with Crippen molar-refractivity contribution < 1.29 is 39.5 Å². The molecule has 2 aromatic rings. The lowest BCUT2D eigenvalue weighted by Crippen LogP contribution is -2.60. The summed E-state index contributed by atoms with van der Waals surface area (Å²) in [6.07, 6.45) is -1.61. The van der Waals surface area contributed by atoms with Crippen LogP contribution in [0.3, 0.4) is 0 Å². The van der Waals surface area contributed by atoms with Gasteiger partial charge in [-0.1, -0.05) is 5.21 Å². The Bertz CT molecular complexity index is 1390. The smallest absolute Gasteiger partial charge is 0.407 e. The third-order valence-corrected chi connectivity index (χ3v) is 8.71. The van der Waals surface area contributed by atoms with Crippen LogP contribution in [0.5, 0.6) is 0 Å². The molecule has 0 radical (unpaired) electrons. The molecule has 2 amide bonds. The summed E-state index contributed by atoms with van der Waals surface area (Å²) in [4.78, 5) is 38.2. The van der Waals surface area contributed by atoms with Crippen molar-refractivity contribution >= 4 is 29.6 Å². The average Bonchev–Trinajstić information content (AvgIpc) is 3.52. The van der Waals surface area contributed by atoms with Crippen molar-refractivity contribution in [3.8, 4) is 0 Å². The number of likely N-dealkylation sites (tertiary alicyclic amines) is 1. The van der Waals surface area contributed by atoms with Crippen LogP contribution in [0.25, 0.3) is 0 Å². The van der Waals surface area contributed by atoms with E-state index in [-0.39, 0.29) is 18.9 Å². The SMILES string of the molecule is CC(C)(C)OC(=O)NCCCn1cc(CNc2nc(NC3CCN(C(=O)C4(O)CC(O)C(O)C(O)C4)CC3)cc(N3CCOCC3)n2)nn1. The summed E-state index contributed by atoms with van der Waals surface area (Å²) in [6.45, 7) is 10.1. The van der Waals surface area contributed by atoms with Gasteiger partial charge < -0.3 is 55.7 Å². The van der Waals surface area contributed by atoms with E-state index in [9.17, 15) is 30.0 Å². The summed E-state index contributed by atoms with van der Waals surface area (Å²) >= 11 is 0. The fourth-order valence-electron chi connectivity index (χ4n) is 6.16. The number of alkyl carbamates (subject to hydrolysis) is 1. The lowest BCUT2D eigenvalue weighted by atomic mass is 9.78. The molecule has 0 bridgehead atoms. The van der Waals surface area contributed by atoms with E-state index in [0.29, 0.717) is 95.7 Å². The average molecular weight is 691 g/mol. The Morgan fingerprint density at radius 2 is 1.76 bits per heavy atom. The third kappa shape index (κ3) is 10.1. The summed E-state index contributed by atoms with van der Waals surface area (Å²) < 4.78 is 12.5. The fraction of sp³-hybridized carbons (Fsp3) is 0.742. The van der Waals surface area contributed by atoms with Crippen LogP contribution >= 0.6 is 0 Å². The van der Waals surface area contributed by atoms with E-state index in [1.165, 1.54) is 0 Å². The zero-order valence-electron chi connectivity index (χ0n) is 28.4. The maximum Gasteiger partial charge on any atom is 0.407 e. The number of piperidine rings is 1. The molecule has 18 nitrogen and oxygen atoms in total. The second-order valence-electron chi connectivity index (χ2n) is 13.9. The molecular weight excluding hydrogens is 640 g/mol. The van der Waals surface area contributed by atoms with E-state index >= 15 is 0 Å². The Labute approximate surface area is 285 Å². The van der Waals surface area contributed by atoms with Crippen molar-refractivity contribution in [3.05, 3.63) is 18.0 Å². The van der Waals surface area contributed by atoms with Gasteiger partial charge in [0.25, 0.3) is 5.91 Å². The van der Waals surface area contributed by atoms with Gasteiger partial charge in [-0.3, -0.25) is 9.48 Å². The summed E-state index contributed by atoms with van der Waals surface area (Å²) in [7, 11) is 0. The molecule has 1 aliphatic carbocycles. The fourth-order valence-corrected chi connectivity index (χ4v) is 6.16. The second-order valence-corrected chi connectivity index (χ2v) is 13.9. The van der Waals surface area contributed by atoms with Crippen molar-refractivity contribution in [1.82, 2.24) is 35.2 Å². The van der Waals surface area contributed by atoms with Gasteiger partial charge in [0.15, 0.2) is 0 Å². The highest BCUT2D eigenvalue weighted by Crippen LogP contribution is 2.32. The van der Waals surface area contributed by atoms with Gasteiger partial charge in [0, 0.05) is 64.2 Å². The second kappa shape index (κ2) is 15.8. The predicted octanol–water partition coefficient (Wildman–Crippen LogP) is -0.558. The number of hydrogen-bond acceptors (Lipinski definition) is 15. The first kappa shape index (κ1) is 36.4. The number of aromatic nitrogens is 5. The van der Waals surface area contributed by atoms with Crippen molar-refractivity contribution in [2.75, 3.05) is 61.5 Å². The van der Waals surface area contributed by atoms with Gasteiger partial charge in [-0.2, -0.15) is 9.97 Å². The van der Waals surface area contributed by atoms with E-state index < -0.39 is 41.5 Å². The van der Waals surface area contributed by atoms with Gasteiger partial charge in [0.1, 0.15) is 34.6 Å². The predicted molar refractivity (Wildman–Crippen MR) is 177 cm³/mol. The lowest BCUT2D eigenvalue weighted by molar-refractivity contribution is -0.182. The molecule has 18 heteroatoms. The molecule has 0 aromatic carbocycles. The van der Waals surface area contributed by atoms with E-state index in [2.05, 4.69) is 31.2 Å². The molecule has 49 heavy (non-hydrogen) atoms. The lowest BCUT2D eigenvalue weighted by Gasteiger charge is -2.43. The van der Waals surface area contributed by atoms with Crippen LogP contribution in [0.4, 0.5) is 22.4 Å². The normalized spacial score (nSPS) is 25.2. The van der Waals surface area contributed by atoms with Gasteiger partial charge >= 0.3 is 6.09 Å². The molecule has 2 aromatic heterocycles. The van der Waals surface area contributed by atoms with Crippen molar-refractivity contribution in [3.63, 3.8) is 0 Å². The molecule has 3 fully saturated rings. The minimum absolute atomic E-state index is 0.00644. The number of carbonyl (C=O) groups is 2. The number of nitrogens with zero attached hydrogens (tertiary/aromatic N) is 7. The molecule has 7 N–H and O–H groups in total. The molecule has 2 atom stereocenters. The summed E-state index contributed by atoms with van der Waals surface area (Å²) in [5.74, 6) is 1.23. The van der Waals surface area contributed by atoms with E-state index in [1.54, 1.807) is 9.58 Å². The summed E-state index contributed by atoms with van der Waals surface area (Å²) in [5.41, 5.74) is -1.78.